The third-order valence-electron chi connectivity index (χ3n) is 5.71. The summed E-state index contributed by atoms with van der Waals surface area (Å²) in [4.78, 5) is 17.1. The molecule has 2 heterocycles. The normalized spacial score (nSPS) is 10.9. The van der Waals surface area contributed by atoms with Crippen LogP contribution in [0.25, 0.3) is 5.69 Å². The maximum absolute atomic E-state index is 13.1. The molecule has 7 nitrogen and oxygen atoms in total. The number of ether oxygens (including phenoxy) is 1. The van der Waals surface area contributed by atoms with Gasteiger partial charge in [-0.05, 0) is 35.4 Å². The van der Waals surface area contributed by atoms with Crippen LogP contribution in [0.4, 0.5) is 4.39 Å². The molecule has 0 aliphatic heterocycles. The Morgan fingerprint density at radius 1 is 1.00 bits per heavy atom. The number of amides is 1. The van der Waals surface area contributed by atoms with E-state index in [2.05, 4.69) is 32.6 Å². The molecule has 0 atom stereocenters. The first kappa shape index (κ1) is 25.6. The summed E-state index contributed by atoms with van der Waals surface area (Å²) in [6, 6.07) is 23.9. The molecule has 2 aromatic heterocycles. The number of benzene rings is 3. The first-order valence-electron chi connectivity index (χ1n) is 11.8. The van der Waals surface area contributed by atoms with Crippen molar-refractivity contribution in [3.8, 4) is 11.4 Å². The number of methoxy groups -OCH3 is 1. The highest BCUT2D eigenvalue weighted by Gasteiger charge is 2.19. The number of nitrogens with zero attached hydrogens (tertiary/aromatic N) is 4. The fraction of sp³-hybridized carbons (Fsp3) is 0.143. The molecule has 0 aliphatic carbocycles. The summed E-state index contributed by atoms with van der Waals surface area (Å²) < 4.78 is 20.7. The number of rotatable bonds is 10. The van der Waals surface area contributed by atoms with E-state index in [0.29, 0.717) is 29.6 Å². The van der Waals surface area contributed by atoms with Crippen LogP contribution in [0, 0.1) is 5.82 Å². The minimum atomic E-state index is -0.310. The Balaban J connectivity index is 1.31. The first-order valence-corrected chi connectivity index (χ1v) is 13.7. The number of thioether (sulfide) groups is 1. The van der Waals surface area contributed by atoms with Crippen LogP contribution in [0.2, 0.25) is 0 Å². The van der Waals surface area contributed by atoms with Crippen molar-refractivity contribution in [3.63, 3.8) is 0 Å². The van der Waals surface area contributed by atoms with Crippen molar-refractivity contribution in [2.75, 3.05) is 7.11 Å². The average Bonchev–Trinajstić information content (AvgIpc) is 3.59. The van der Waals surface area contributed by atoms with Crippen molar-refractivity contribution in [3.05, 3.63) is 118 Å². The van der Waals surface area contributed by atoms with Crippen molar-refractivity contribution in [2.24, 2.45) is 0 Å². The second-order valence-corrected chi connectivity index (χ2v) is 10.2. The first-order chi connectivity index (χ1) is 18.6. The number of carbonyl (C=O) groups excluding carboxylic acids is 1. The number of thiazole rings is 1. The van der Waals surface area contributed by atoms with Gasteiger partial charge in [-0.2, -0.15) is 0 Å². The Labute approximate surface area is 227 Å². The van der Waals surface area contributed by atoms with Crippen LogP contribution >= 0.6 is 23.1 Å². The predicted octanol–water partition coefficient (Wildman–Crippen LogP) is 5.68. The summed E-state index contributed by atoms with van der Waals surface area (Å²) in [6.07, 6.45) is 0.613. The largest absolute Gasteiger partial charge is 0.495 e. The molecule has 0 radical (unpaired) electrons. The van der Waals surface area contributed by atoms with Crippen LogP contribution < -0.4 is 10.1 Å². The highest BCUT2D eigenvalue weighted by molar-refractivity contribution is 7.98. The number of halogens is 1. The van der Waals surface area contributed by atoms with Gasteiger partial charge in [-0.15, -0.1) is 21.5 Å². The van der Waals surface area contributed by atoms with Gasteiger partial charge in [0, 0.05) is 18.3 Å². The van der Waals surface area contributed by atoms with Crippen LogP contribution in [-0.4, -0.2) is 32.8 Å². The van der Waals surface area contributed by atoms with Crippen LogP contribution in [0.1, 0.15) is 32.4 Å². The van der Waals surface area contributed by atoms with Gasteiger partial charge in [0.1, 0.15) is 28.1 Å². The van der Waals surface area contributed by atoms with Gasteiger partial charge in [-0.3, -0.25) is 9.36 Å². The monoisotopic (exact) mass is 545 g/mol. The summed E-state index contributed by atoms with van der Waals surface area (Å²) >= 11 is 2.91. The van der Waals surface area contributed by atoms with Crippen LogP contribution in [0.3, 0.4) is 0 Å². The van der Waals surface area contributed by atoms with Crippen molar-refractivity contribution >= 4 is 29.0 Å². The zero-order valence-corrected chi connectivity index (χ0v) is 22.1. The van der Waals surface area contributed by atoms with Gasteiger partial charge >= 0.3 is 0 Å². The van der Waals surface area contributed by atoms with Gasteiger partial charge < -0.3 is 10.1 Å². The molecule has 0 fully saturated rings. The molecule has 0 saturated heterocycles. The lowest BCUT2D eigenvalue weighted by molar-refractivity contribution is 0.0946. The third-order valence-corrected chi connectivity index (χ3v) is 7.68. The van der Waals surface area contributed by atoms with Crippen molar-refractivity contribution in [1.82, 2.24) is 25.1 Å². The summed E-state index contributed by atoms with van der Waals surface area (Å²) in [5.41, 5.74) is 3.15. The maximum Gasteiger partial charge on any atom is 0.271 e. The van der Waals surface area contributed by atoms with Crippen molar-refractivity contribution in [1.29, 1.82) is 0 Å². The number of hydrogen-bond donors (Lipinski definition) is 1. The van der Waals surface area contributed by atoms with E-state index >= 15 is 0 Å². The lowest BCUT2D eigenvalue weighted by Crippen LogP contribution is -2.23. The highest BCUT2D eigenvalue weighted by Crippen LogP contribution is 2.31. The molecule has 0 bridgehead atoms. The molecule has 0 spiro atoms. The van der Waals surface area contributed by atoms with E-state index in [4.69, 9.17) is 4.74 Å². The molecule has 1 N–H and O–H groups in total. The highest BCUT2D eigenvalue weighted by atomic mass is 32.2. The van der Waals surface area contributed by atoms with Gasteiger partial charge in [0.15, 0.2) is 5.16 Å². The molecule has 192 valence electrons. The van der Waals surface area contributed by atoms with Gasteiger partial charge in [0.25, 0.3) is 5.91 Å². The fourth-order valence-electron chi connectivity index (χ4n) is 3.83. The second kappa shape index (κ2) is 12.0. The number of carbonyl (C=O) groups is 1. The summed E-state index contributed by atoms with van der Waals surface area (Å²) in [5.74, 6) is 1.45. The standard InChI is InChI=1S/C28H24FN5O2S2/c1-36-24-10-6-5-9-23(24)34-25(15-19-7-3-2-4-8-19)32-33-28(34)38-18-26-31-22(17-37-26)27(35)30-16-20-11-13-21(29)14-12-20/h2-14,17H,15-16,18H2,1H3,(H,30,35). The molecule has 10 heteroatoms. The molecule has 5 rings (SSSR count). The second-order valence-electron chi connectivity index (χ2n) is 8.29. The Kier molecular flexibility index (Phi) is 8.10. The quantitative estimate of drug-likeness (QED) is 0.227. The van der Waals surface area contributed by atoms with Crippen LogP contribution in [0.5, 0.6) is 5.75 Å². The van der Waals surface area contributed by atoms with E-state index in [1.807, 2.05) is 47.0 Å². The zero-order valence-electron chi connectivity index (χ0n) is 20.5. The van der Waals surface area contributed by atoms with E-state index in [-0.39, 0.29) is 11.7 Å². The number of nitrogens with one attached hydrogen (secondary N) is 1. The fourth-order valence-corrected chi connectivity index (χ4v) is 5.58. The lowest BCUT2D eigenvalue weighted by Gasteiger charge is -2.13. The SMILES string of the molecule is COc1ccccc1-n1c(Cc2ccccc2)nnc1SCc1nc(C(=O)NCc2ccc(F)cc2)cs1. The van der Waals surface area contributed by atoms with Crippen molar-refractivity contribution < 1.29 is 13.9 Å². The smallest absolute Gasteiger partial charge is 0.271 e. The van der Waals surface area contributed by atoms with Crippen molar-refractivity contribution in [2.45, 2.75) is 23.9 Å². The minimum Gasteiger partial charge on any atom is -0.495 e. The summed E-state index contributed by atoms with van der Waals surface area (Å²) in [5, 5.41) is 15.0. The van der Waals surface area contributed by atoms with E-state index in [9.17, 15) is 9.18 Å². The van der Waals surface area contributed by atoms with Crippen LogP contribution in [0.15, 0.2) is 89.4 Å². The molecule has 1 amide bonds. The van der Waals surface area contributed by atoms with Gasteiger partial charge in [-0.1, -0.05) is 66.4 Å². The molecular weight excluding hydrogens is 521 g/mol. The summed E-state index contributed by atoms with van der Waals surface area (Å²) in [7, 11) is 1.64. The van der Waals surface area contributed by atoms with Crippen LogP contribution in [-0.2, 0) is 18.7 Å². The maximum atomic E-state index is 13.1. The molecular formula is C28H24FN5O2S2. The molecule has 5 aromatic rings. The van der Waals surface area contributed by atoms with E-state index in [1.54, 1.807) is 24.6 Å². The average molecular weight is 546 g/mol. The number of hydrogen-bond acceptors (Lipinski definition) is 7. The molecule has 0 saturated carbocycles. The van der Waals surface area contributed by atoms with Gasteiger partial charge in [0.2, 0.25) is 0 Å². The molecule has 0 aliphatic rings. The Bertz CT molecular complexity index is 1520. The van der Waals surface area contributed by atoms with Gasteiger partial charge in [0.05, 0.1) is 18.6 Å². The zero-order chi connectivity index (χ0) is 26.3. The summed E-state index contributed by atoms with van der Waals surface area (Å²) in [6.45, 7) is 0.299. The van der Waals surface area contributed by atoms with E-state index in [0.717, 1.165) is 33.4 Å². The minimum absolute atomic E-state index is 0.274. The number of aromatic nitrogens is 4. The predicted molar refractivity (Wildman–Crippen MR) is 146 cm³/mol. The Morgan fingerprint density at radius 2 is 1.76 bits per heavy atom. The number of para-hydroxylation sites is 2. The third kappa shape index (κ3) is 6.09. The molecule has 38 heavy (non-hydrogen) atoms. The Morgan fingerprint density at radius 3 is 2.55 bits per heavy atom. The topological polar surface area (TPSA) is 81.9 Å². The van der Waals surface area contributed by atoms with E-state index in [1.165, 1.54) is 35.2 Å². The Hall–Kier alpha value is -4.02. The van der Waals surface area contributed by atoms with Gasteiger partial charge in [-0.25, -0.2) is 9.37 Å². The van der Waals surface area contributed by atoms with E-state index < -0.39 is 0 Å². The lowest BCUT2D eigenvalue weighted by atomic mass is 10.1. The molecule has 0 unspecified atom stereocenters. The molecule has 3 aromatic carbocycles.